The Morgan fingerprint density at radius 2 is 2.31 bits per heavy atom. The van der Waals surface area contributed by atoms with Gasteiger partial charge in [0.05, 0.1) is 4.91 Å². The van der Waals surface area contributed by atoms with Crippen LogP contribution in [0.2, 0.25) is 0 Å². The van der Waals surface area contributed by atoms with E-state index < -0.39 is 0 Å². The van der Waals surface area contributed by atoms with Gasteiger partial charge in [-0.05, 0) is 6.92 Å². The number of aromatic nitrogens is 2. The summed E-state index contributed by atoms with van der Waals surface area (Å²) in [5.74, 6) is 1.04. The lowest BCUT2D eigenvalue weighted by Crippen LogP contribution is -2.05. The zero-order valence-corrected chi connectivity index (χ0v) is 7.74. The summed E-state index contributed by atoms with van der Waals surface area (Å²) in [7, 11) is 2.96. The third-order valence-electron chi connectivity index (χ3n) is 1.49. The van der Waals surface area contributed by atoms with Gasteiger partial charge in [0.15, 0.2) is 7.11 Å². The van der Waals surface area contributed by atoms with Gasteiger partial charge in [0, 0.05) is 7.05 Å². The minimum Gasteiger partial charge on any atom is -0.367 e. The molecular weight excluding hydrogens is 172 g/mol. The first kappa shape index (κ1) is 9.37. The van der Waals surface area contributed by atoms with Crippen LogP contribution in [0.5, 0.6) is 0 Å². The fourth-order valence-electron chi connectivity index (χ4n) is 0.880. The van der Waals surface area contributed by atoms with Gasteiger partial charge in [-0.3, -0.25) is 0 Å². The SMILES string of the molecule is CNc1nc(C)ncc1[N+](=O)OC. The molecule has 0 amide bonds. The van der Waals surface area contributed by atoms with E-state index in [4.69, 9.17) is 0 Å². The first-order chi connectivity index (χ1) is 6.19. The zero-order chi connectivity index (χ0) is 9.84. The van der Waals surface area contributed by atoms with Gasteiger partial charge in [0.25, 0.3) is 4.92 Å². The van der Waals surface area contributed by atoms with E-state index >= 15 is 0 Å². The van der Waals surface area contributed by atoms with Gasteiger partial charge in [-0.1, -0.05) is 0 Å². The standard InChI is InChI=1S/C7H11N4O2/c1-5-9-4-6(11(12)13-3)7(8-2)10-5/h4H,1-3H3,(H,8,9,10)/q+1. The van der Waals surface area contributed by atoms with Crippen LogP contribution in [0.4, 0.5) is 11.5 Å². The summed E-state index contributed by atoms with van der Waals surface area (Å²) in [6.07, 6.45) is 1.41. The maximum Gasteiger partial charge on any atom is 0.376 e. The van der Waals surface area contributed by atoms with Crippen molar-refractivity contribution in [1.29, 1.82) is 0 Å². The summed E-state index contributed by atoms with van der Waals surface area (Å²) in [6, 6.07) is 0. The second-order valence-corrected chi connectivity index (χ2v) is 2.34. The molecule has 1 heterocycles. The van der Waals surface area contributed by atoms with Gasteiger partial charge in [0.1, 0.15) is 12.0 Å². The number of nitrogens with zero attached hydrogens (tertiary/aromatic N) is 3. The Labute approximate surface area is 75.5 Å². The molecule has 0 aliphatic carbocycles. The lowest BCUT2D eigenvalue weighted by atomic mass is 10.4. The van der Waals surface area contributed by atoms with Crippen LogP contribution >= 0.6 is 0 Å². The van der Waals surface area contributed by atoms with Gasteiger partial charge in [0.2, 0.25) is 5.82 Å². The fraction of sp³-hybridized carbons (Fsp3) is 0.429. The quantitative estimate of drug-likeness (QED) is 0.702. The largest absolute Gasteiger partial charge is 0.376 e. The molecule has 0 bridgehead atoms. The van der Waals surface area contributed by atoms with Crippen molar-refractivity contribution < 1.29 is 9.76 Å². The lowest BCUT2D eigenvalue weighted by Gasteiger charge is -1.98. The van der Waals surface area contributed by atoms with Crippen LogP contribution in [0.25, 0.3) is 0 Å². The Hall–Kier alpha value is -1.72. The number of nitrogens with one attached hydrogen (secondary N) is 1. The molecule has 6 nitrogen and oxygen atoms in total. The molecule has 0 aromatic carbocycles. The summed E-state index contributed by atoms with van der Waals surface area (Å²) in [5.41, 5.74) is 0.260. The van der Waals surface area contributed by atoms with E-state index in [2.05, 4.69) is 20.1 Å². The molecule has 6 heteroatoms. The van der Waals surface area contributed by atoms with Crippen molar-refractivity contribution in [3.05, 3.63) is 16.9 Å². The third kappa shape index (κ3) is 1.90. The first-order valence-corrected chi connectivity index (χ1v) is 3.71. The van der Waals surface area contributed by atoms with Crippen LogP contribution in [-0.4, -0.2) is 29.0 Å². The Bertz CT molecular complexity index is 326. The zero-order valence-electron chi connectivity index (χ0n) is 7.74. The summed E-state index contributed by atoms with van der Waals surface area (Å²) in [6.45, 7) is 1.74. The van der Waals surface area contributed by atoms with E-state index in [-0.39, 0.29) is 5.69 Å². The molecule has 1 aromatic heterocycles. The maximum atomic E-state index is 11.1. The molecule has 0 atom stereocenters. The highest BCUT2D eigenvalue weighted by atomic mass is 16.8. The number of hydrogen-bond acceptors (Lipinski definition) is 5. The van der Waals surface area contributed by atoms with Crippen LogP contribution in [-0.2, 0) is 4.84 Å². The second kappa shape index (κ2) is 3.79. The minimum atomic E-state index is 0.260. The Balaban J connectivity index is 3.13. The molecule has 0 radical (unpaired) electrons. The molecule has 1 N–H and O–H groups in total. The molecule has 13 heavy (non-hydrogen) atoms. The summed E-state index contributed by atoms with van der Waals surface area (Å²) < 4.78 is 0. The van der Waals surface area contributed by atoms with Gasteiger partial charge >= 0.3 is 5.69 Å². The number of aryl methyl sites for hydroxylation is 1. The molecule has 0 fully saturated rings. The van der Waals surface area contributed by atoms with Crippen molar-refractivity contribution in [1.82, 2.24) is 9.97 Å². The average molecular weight is 183 g/mol. The van der Waals surface area contributed by atoms with Crippen molar-refractivity contribution in [2.24, 2.45) is 0 Å². The van der Waals surface area contributed by atoms with Gasteiger partial charge in [-0.25, -0.2) is 14.8 Å². The minimum absolute atomic E-state index is 0.260. The smallest absolute Gasteiger partial charge is 0.367 e. The van der Waals surface area contributed by atoms with E-state index in [1.807, 2.05) is 0 Å². The van der Waals surface area contributed by atoms with Gasteiger partial charge < -0.3 is 5.32 Å². The number of hydrogen-bond donors (Lipinski definition) is 1. The summed E-state index contributed by atoms with van der Waals surface area (Å²) in [4.78, 5) is 23.8. The molecule has 1 aromatic rings. The number of rotatable bonds is 3. The predicted molar refractivity (Wildman–Crippen MR) is 46.6 cm³/mol. The Kier molecular flexibility index (Phi) is 2.73. The third-order valence-corrected chi connectivity index (χ3v) is 1.49. The summed E-state index contributed by atoms with van der Waals surface area (Å²) in [5, 5.41) is 2.78. The topological polar surface area (TPSA) is 67.1 Å². The van der Waals surface area contributed by atoms with Crippen LogP contribution < -0.4 is 5.32 Å². The molecule has 0 saturated heterocycles. The van der Waals surface area contributed by atoms with Crippen molar-refractivity contribution in [2.45, 2.75) is 6.92 Å². The molecule has 0 saturated carbocycles. The van der Waals surface area contributed by atoms with Crippen molar-refractivity contribution in [3.63, 3.8) is 0 Å². The predicted octanol–water partition coefficient (Wildman–Crippen LogP) is 0.799. The fourth-order valence-corrected chi connectivity index (χ4v) is 0.880. The molecular formula is C7H11N4O2+. The average Bonchev–Trinajstić information content (AvgIpc) is 2.16. The molecule has 0 aliphatic heterocycles. The molecule has 1 rings (SSSR count). The monoisotopic (exact) mass is 183 g/mol. The Morgan fingerprint density at radius 1 is 1.62 bits per heavy atom. The van der Waals surface area contributed by atoms with E-state index in [0.717, 1.165) is 0 Å². The van der Waals surface area contributed by atoms with E-state index in [1.165, 1.54) is 13.3 Å². The van der Waals surface area contributed by atoms with Gasteiger partial charge in [-0.15, -0.1) is 0 Å². The van der Waals surface area contributed by atoms with Crippen LogP contribution in [0.15, 0.2) is 6.20 Å². The highest BCUT2D eigenvalue weighted by Gasteiger charge is 2.21. The van der Waals surface area contributed by atoms with E-state index in [9.17, 15) is 4.91 Å². The maximum absolute atomic E-state index is 11.1. The molecule has 0 spiro atoms. The van der Waals surface area contributed by atoms with Crippen LogP contribution in [0, 0.1) is 11.8 Å². The molecule has 70 valence electrons. The second-order valence-electron chi connectivity index (χ2n) is 2.34. The van der Waals surface area contributed by atoms with Crippen LogP contribution in [0.1, 0.15) is 5.82 Å². The highest BCUT2D eigenvalue weighted by Crippen LogP contribution is 2.19. The molecule has 0 aliphatic rings. The Morgan fingerprint density at radius 3 is 2.85 bits per heavy atom. The van der Waals surface area contributed by atoms with Crippen molar-refractivity contribution >= 4 is 11.5 Å². The normalized spacial score (nSPS) is 9.46. The van der Waals surface area contributed by atoms with E-state index in [0.29, 0.717) is 16.6 Å². The van der Waals surface area contributed by atoms with Crippen molar-refractivity contribution in [3.8, 4) is 0 Å². The van der Waals surface area contributed by atoms with Crippen LogP contribution in [0.3, 0.4) is 0 Å². The highest BCUT2D eigenvalue weighted by molar-refractivity contribution is 5.53. The summed E-state index contributed by atoms with van der Waals surface area (Å²) >= 11 is 0. The van der Waals surface area contributed by atoms with Crippen molar-refractivity contribution in [2.75, 3.05) is 19.5 Å². The lowest BCUT2D eigenvalue weighted by molar-refractivity contribution is -0.736. The van der Waals surface area contributed by atoms with E-state index in [1.54, 1.807) is 14.0 Å². The number of anilines is 1. The first-order valence-electron chi connectivity index (χ1n) is 3.71. The van der Waals surface area contributed by atoms with Gasteiger partial charge in [-0.2, -0.15) is 0 Å². The molecule has 0 unspecified atom stereocenters.